The Hall–Kier alpha value is -1.36. The number of nitrogens with one attached hydrogen (secondary N) is 1. The van der Waals surface area contributed by atoms with Gasteiger partial charge >= 0.3 is 0 Å². The first-order valence-corrected chi connectivity index (χ1v) is 8.33. The van der Waals surface area contributed by atoms with Crippen LogP contribution in [0, 0.1) is 0 Å². The van der Waals surface area contributed by atoms with Gasteiger partial charge in [-0.1, -0.05) is 18.2 Å². The molecule has 1 aromatic heterocycles. The minimum absolute atomic E-state index is 0.0529. The molecule has 22 heavy (non-hydrogen) atoms. The molecule has 4 rings (SSSR count). The van der Waals surface area contributed by atoms with Crippen molar-refractivity contribution in [1.29, 1.82) is 0 Å². The lowest BCUT2D eigenvalue weighted by atomic mass is 9.99. The summed E-state index contributed by atoms with van der Waals surface area (Å²) in [6.45, 7) is 3.06. The highest BCUT2D eigenvalue weighted by Gasteiger charge is 2.28. The number of ether oxygens (including phenoxy) is 2. The first kappa shape index (κ1) is 14.2. The molecule has 0 aliphatic carbocycles. The fourth-order valence-electron chi connectivity index (χ4n) is 3.58. The van der Waals surface area contributed by atoms with Crippen LogP contribution in [0.4, 0.5) is 0 Å². The van der Waals surface area contributed by atoms with E-state index < -0.39 is 0 Å². The van der Waals surface area contributed by atoms with E-state index in [0.717, 1.165) is 37.2 Å². The Labute approximate surface area is 130 Å². The van der Waals surface area contributed by atoms with Gasteiger partial charge in [-0.3, -0.25) is 0 Å². The number of fused-ring (bicyclic) bond motifs is 1. The molecule has 1 aromatic carbocycles. The molecule has 0 radical (unpaired) electrons. The third-order valence-corrected chi connectivity index (χ3v) is 4.69. The van der Waals surface area contributed by atoms with Crippen LogP contribution in [-0.2, 0) is 22.3 Å². The second-order valence-electron chi connectivity index (χ2n) is 6.31. The number of rotatable bonds is 5. The molecule has 1 atom stereocenters. The van der Waals surface area contributed by atoms with Crippen LogP contribution in [0.25, 0.3) is 11.0 Å². The lowest BCUT2D eigenvalue weighted by Crippen LogP contribution is -2.38. The predicted octanol–water partition coefficient (Wildman–Crippen LogP) is 3.38. The van der Waals surface area contributed by atoms with Crippen molar-refractivity contribution in [2.75, 3.05) is 6.54 Å². The zero-order valence-corrected chi connectivity index (χ0v) is 13.0. The van der Waals surface area contributed by atoms with Crippen LogP contribution >= 0.6 is 0 Å². The van der Waals surface area contributed by atoms with Crippen LogP contribution in [0.2, 0.25) is 0 Å². The van der Waals surface area contributed by atoms with E-state index >= 15 is 0 Å². The van der Waals surface area contributed by atoms with Crippen LogP contribution < -0.4 is 5.32 Å². The first-order valence-electron chi connectivity index (χ1n) is 8.33. The SMILES string of the molecule is CC1OC(CCc2oc3ccccc3c2C[C@@H]2CCCN2)O1. The fourth-order valence-corrected chi connectivity index (χ4v) is 3.58. The van der Waals surface area contributed by atoms with E-state index in [2.05, 4.69) is 23.5 Å². The van der Waals surface area contributed by atoms with Crippen LogP contribution in [0.5, 0.6) is 0 Å². The van der Waals surface area contributed by atoms with Gasteiger partial charge in [-0.15, -0.1) is 0 Å². The average Bonchev–Trinajstić information content (AvgIpc) is 3.11. The van der Waals surface area contributed by atoms with E-state index in [1.54, 1.807) is 0 Å². The Morgan fingerprint density at radius 1 is 1.23 bits per heavy atom. The molecule has 0 bridgehead atoms. The fraction of sp³-hybridized carbons (Fsp3) is 0.556. The van der Waals surface area contributed by atoms with Crippen molar-refractivity contribution in [2.24, 2.45) is 0 Å². The topological polar surface area (TPSA) is 43.6 Å². The molecule has 2 fully saturated rings. The minimum atomic E-state index is -0.0688. The Balaban J connectivity index is 1.55. The summed E-state index contributed by atoms with van der Waals surface area (Å²) in [5.41, 5.74) is 2.36. The largest absolute Gasteiger partial charge is 0.461 e. The molecule has 0 unspecified atom stereocenters. The van der Waals surface area contributed by atoms with Gasteiger partial charge < -0.3 is 19.2 Å². The highest BCUT2D eigenvalue weighted by Crippen LogP contribution is 2.30. The number of aryl methyl sites for hydroxylation is 1. The van der Waals surface area contributed by atoms with Crippen molar-refractivity contribution < 1.29 is 13.9 Å². The van der Waals surface area contributed by atoms with Crippen molar-refractivity contribution in [3.8, 4) is 0 Å². The van der Waals surface area contributed by atoms with Crippen molar-refractivity contribution in [1.82, 2.24) is 5.32 Å². The second-order valence-corrected chi connectivity index (χ2v) is 6.31. The molecule has 0 saturated carbocycles. The van der Waals surface area contributed by atoms with Crippen LogP contribution in [0.15, 0.2) is 28.7 Å². The number of hydrogen-bond donors (Lipinski definition) is 1. The molecule has 2 aliphatic heterocycles. The average molecular weight is 301 g/mol. The summed E-state index contributed by atoms with van der Waals surface area (Å²) in [5, 5.41) is 4.85. The molecular formula is C18H23NO3. The van der Waals surface area contributed by atoms with Gasteiger partial charge in [-0.25, -0.2) is 0 Å². The second kappa shape index (κ2) is 6.03. The summed E-state index contributed by atoms with van der Waals surface area (Å²) in [6.07, 6.45) is 5.19. The molecule has 0 amide bonds. The van der Waals surface area contributed by atoms with Crippen LogP contribution in [-0.4, -0.2) is 25.2 Å². The molecule has 3 heterocycles. The zero-order valence-electron chi connectivity index (χ0n) is 13.0. The standard InChI is InChI=1S/C18H23NO3/c1-12-20-18(21-12)9-8-17-15(11-13-5-4-10-19-13)14-6-2-3-7-16(14)22-17/h2-3,6-7,12-13,18-19H,4-5,8-11H2,1H3/t12?,13-,18?/m0/s1. The number of furan rings is 1. The normalized spacial score (nSPS) is 28.1. The van der Waals surface area contributed by atoms with Crippen molar-refractivity contribution in [3.05, 3.63) is 35.6 Å². The number of para-hydroxylation sites is 1. The van der Waals surface area contributed by atoms with E-state index in [4.69, 9.17) is 13.9 Å². The Morgan fingerprint density at radius 2 is 2.09 bits per heavy atom. The maximum atomic E-state index is 6.12. The summed E-state index contributed by atoms with van der Waals surface area (Å²) < 4.78 is 17.2. The van der Waals surface area contributed by atoms with Gasteiger partial charge in [-0.05, 0) is 38.8 Å². The third-order valence-electron chi connectivity index (χ3n) is 4.69. The Kier molecular flexibility index (Phi) is 3.90. The molecule has 118 valence electrons. The highest BCUT2D eigenvalue weighted by atomic mass is 16.9. The molecule has 2 aliphatic rings. The lowest BCUT2D eigenvalue weighted by molar-refractivity contribution is -0.377. The molecule has 2 aromatic rings. The van der Waals surface area contributed by atoms with Gasteiger partial charge in [0.1, 0.15) is 11.3 Å². The first-order chi connectivity index (χ1) is 10.8. The highest BCUT2D eigenvalue weighted by molar-refractivity contribution is 5.82. The van der Waals surface area contributed by atoms with E-state index in [-0.39, 0.29) is 12.6 Å². The Bertz CT molecular complexity index is 639. The van der Waals surface area contributed by atoms with E-state index in [9.17, 15) is 0 Å². The smallest absolute Gasteiger partial charge is 0.164 e. The van der Waals surface area contributed by atoms with Gasteiger partial charge in [0.25, 0.3) is 0 Å². The lowest BCUT2D eigenvalue weighted by Gasteiger charge is -2.33. The van der Waals surface area contributed by atoms with E-state index in [1.165, 1.54) is 23.8 Å². The number of benzene rings is 1. The van der Waals surface area contributed by atoms with Gasteiger partial charge in [0.2, 0.25) is 0 Å². The van der Waals surface area contributed by atoms with Crippen molar-refractivity contribution >= 4 is 11.0 Å². The summed E-state index contributed by atoms with van der Waals surface area (Å²) >= 11 is 0. The molecule has 1 N–H and O–H groups in total. The van der Waals surface area contributed by atoms with Gasteiger partial charge in [0, 0.05) is 29.8 Å². The van der Waals surface area contributed by atoms with Crippen LogP contribution in [0.1, 0.15) is 37.5 Å². The summed E-state index contributed by atoms with van der Waals surface area (Å²) in [6, 6.07) is 8.93. The maximum absolute atomic E-state index is 6.12. The van der Waals surface area contributed by atoms with Crippen molar-refractivity contribution in [3.63, 3.8) is 0 Å². The molecule has 2 saturated heterocycles. The summed E-state index contributed by atoms with van der Waals surface area (Å²) in [4.78, 5) is 0. The molecule has 0 spiro atoms. The van der Waals surface area contributed by atoms with Gasteiger partial charge in [-0.2, -0.15) is 0 Å². The maximum Gasteiger partial charge on any atom is 0.164 e. The zero-order chi connectivity index (χ0) is 14.9. The third kappa shape index (κ3) is 2.78. The Morgan fingerprint density at radius 3 is 2.86 bits per heavy atom. The van der Waals surface area contributed by atoms with E-state index in [0.29, 0.717) is 6.04 Å². The molecule has 4 heteroatoms. The molecule has 4 nitrogen and oxygen atoms in total. The predicted molar refractivity (Wildman–Crippen MR) is 84.7 cm³/mol. The van der Waals surface area contributed by atoms with Crippen molar-refractivity contribution in [2.45, 2.75) is 57.6 Å². The quantitative estimate of drug-likeness (QED) is 0.919. The monoisotopic (exact) mass is 301 g/mol. The van der Waals surface area contributed by atoms with Gasteiger partial charge in [0.15, 0.2) is 12.6 Å². The summed E-state index contributed by atoms with van der Waals surface area (Å²) in [5.74, 6) is 1.10. The minimum Gasteiger partial charge on any atom is -0.461 e. The van der Waals surface area contributed by atoms with E-state index in [1.807, 2.05) is 13.0 Å². The summed E-state index contributed by atoms with van der Waals surface area (Å²) in [7, 11) is 0. The van der Waals surface area contributed by atoms with Crippen LogP contribution in [0.3, 0.4) is 0 Å². The molecular weight excluding hydrogens is 278 g/mol. The number of hydrogen-bond acceptors (Lipinski definition) is 4. The van der Waals surface area contributed by atoms with Gasteiger partial charge in [0.05, 0.1) is 0 Å².